The van der Waals surface area contributed by atoms with Gasteiger partial charge in [0.25, 0.3) is 0 Å². The summed E-state index contributed by atoms with van der Waals surface area (Å²) in [6.45, 7) is 1.93. The van der Waals surface area contributed by atoms with Gasteiger partial charge >= 0.3 is 0 Å². The fraction of sp³-hybridized carbons (Fsp3) is 0.200. The number of halogens is 1. The van der Waals surface area contributed by atoms with Crippen LogP contribution in [0.25, 0.3) is 0 Å². The van der Waals surface area contributed by atoms with Crippen LogP contribution >= 0.6 is 15.9 Å². The lowest BCUT2D eigenvalue weighted by molar-refractivity contribution is -0.114. The predicted octanol–water partition coefficient (Wildman–Crippen LogP) is 3.41. The van der Waals surface area contributed by atoms with Crippen LogP contribution in [0.4, 0.5) is 11.5 Å². The second-order valence-corrected chi connectivity index (χ2v) is 9.33. The van der Waals surface area contributed by atoms with Crippen molar-refractivity contribution < 1.29 is 13.2 Å². The first-order chi connectivity index (χ1) is 13.8. The Kier molecular flexibility index (Phi) is 6.39. The number of hydrogen-bond donors (Lipinski definition) is 1. The minimum atomic E-state index is -3.63. The van der Waals surface area contributed by atoms with Crippen LogP contribution < -0.4 is 9.62 Å². The molecule has 0 spiro atoms. The molecule has 7 nitrogen and oxygen atoms in total. The van der Waals surface area contributed by atoms with Gasteiger partial charge in [-0.05, 0) is 30.2 Å². The van der Waals surface area contributed by atoms with Gasteiger partial charge in [-0.25, -0.2) is 13.1 Å². The first kappa shape index (κ1) is 21.1. The monoisotopic (exact) mass is 476 g/mol. The van der Waals surface area contributed by atoms with E-state index in [4.69, 9.17) is 0 Å². The van der Waals surface area contributed by atoms with Crippen molar-refractivity contribution in [1.29, 1.82) is 0 Å². The highest BCUT2D eigenvalue weighted by Gasteiger charge is 2.22. The van der Waals surface area contributed by atoms with Crippen molar-refractivity contribution in [2.24, 2.45) is 0 Å². The molecule has 1 N–H and O–H groups in total. The van der Waals surface area contributed by atoms with E-state index in [9.17, 15) is 13.2 Å². The predicted molar refractivity (Wildman–Crippen MR) is 117 cm³/mol. The molecule has 3 aromatic rings. The number of carbonyl (C=O) groups is 1. The lowest BCUT2D eigenvalue weighted by atomic mass is 10.2. The number of aryl methyl sites for hydroxylation is 1. The van der Waals surface area contributed by atoms with Gasteiger partial charge in [-0.2, -0.15) is 5.10 Å². The maximum absolute atomic E-state index is 12.7. The van der Waals surface area contributed by atoms with Gasteiger partial charge in [0.2, 0.25) is 15.9 Å². The summed E-state index contributed by atoms with van der Waals surface area (Å²) in [7, 11) is -3.63. The Morgan fingerprint density at radius 1 is 1.14 bits per heavy atom. The van der Waals surface area contributed by atoms with Gasteiger partial charge in [0.1, 0.15) is 12.4 Å². The van der Waals surface area contributed by atoms with Crippen LogP contribution in [0.15, 0.2) is 65.3 Å². The first-order valence-electron chi connectivity index (χ1n) is 8.84. The van der Waals surface area contributed by atoms with Crippen molar-refractivity contribution in [3.05, 3.63) is 76.4 Å². The highest BCUT2D eigenvalue weighted by molar-refractivity contribution is 9.10. The SMILES string of the molecule is Cc1ccccc1N(CC(=O)Nc1ccnn1Cc1ccccc1Br)S(C)(=O)=O. The van der Waals surface area contributed by atoms with E-state index in [0.29, 0.717) is 18.1 Å². The van der Waals surface area contributed by atoms with Crippen molar-refractivity contribution in [3.63, 3.8) is 0 Å². The van der Waals surface area contributed by atoms with Crippen LogP contribution in [0.1, 0.15) is 11.1 Å². The van der Waals surface area contributed by atoms with Crippen molar-refractivity contribution in [2.75, 3.05) is 22.4 Å². The van der Waals surface area contributed by atoms with Crippen molar-refractivity contribution >= 4 is 43.4 Å². The van der Waals surface area contributed by atoms with E-state index in [1.165, 1.54) is 0 Å². The first-order valence-corrected chi connectivity index (χ1v) is 11.5. The van der Waals surface area contributed by atoms with Crippen molar-refractivity contribution in [1.82, 2.24) is 9.78 Å². The Morgan fingerprint density at radius 2 is 1.83 bits per heavy atom. The molecule has 0 unspecified atom stereocenters. The third-order valence-corrected chi connectivity index (χ3v) is 6.23. The smallest absolute Gasteiger partial charge is 0.246 e. The number of anilines is 2. The molecular weight excluding hydrogens is 456 g/mol. The summed E-state index contributed by atoms with van der Waals surface area (Å²) in [6.07, 6.45) is 2.67. The van der Waals surface area contributed by atoms with Gasteiger partial charge in [-0.15, -0.1) is 0 Å². The van der Waals surface area contributed by atoms with Gasteiger partial charge in [0, 0.05) is 10.5 Å². The number of carbonyl (C=O) groups excluding carboxylic acids is 1. The molecular formula is C20H21BrN4O3S. The number of amides is 1. The number of sulfonamides is 1. The fourth-order valence-electron chi connectivity index (χ4n) is 2.89. The van der Waals surface area contributed by atoms with Crippen molar-refractivity contribution in [3.8, 4) is 0 Å². The van der Waals surface area contributed by atoms with Gasteiger partial charge in [0.15, 0.2) is 0 Å². The Morgan fingerprint density at radius 3 is 2.52 bits per heavy atom. The molecule has 9 heteroatoms. The number of hydrogen-bond acceptors (Lipinski definition) is 4. The Balaban J connectivity index is 1.78. The molecule has 1 heterocycles. The summed E-state index contributed by atoms with van der Waals surface area (Å²) < 4.78 is 28.3. The maximum Gasteiger partial charge on any atom is 0.246 e. The van der Waals surface area contributed by atoms with Crippen molar-refractivity contribution in [2.45, 2.75) is 13.5 Å². The average molecular weight is 477 g/mol. The van der Waals surface area contributed by atoms with Crippen LogP contribution in [0.5, 0.6) is 0 Å². The Bertz CT molecular complexity index is 1130. The molecule has 0 aliphatic rings. The molecule has 0 atom stereocenters. The molecule has 29 heavy (non-hydrogen) atoms. The molecule has 1 aromatic heterocycles. The highest BCUT2D eigenvalue weighted by Crippen LogP contribution is 2.22. The molecule has 0 aliphatic heterocycles. The minimum Gasteiger partial charge on any atom is -0.309 e. The summed E-state index contributed by atoms with van der Waals surface area (Å²) in [4.78, 5) is 12.7. The van der Waals surface area contributed by atoms with Gasteiger partial charge in [-0.1, -0.05) is 52.3 Å². The second kappa shape index (κ2) is 8.79. The second-order valence-electron chi connectivity index (χ2n) is 6.57. The number of nitrogens with one attached hydrogen (secondary N) is 1. The van der Waals surface area contributed by atoms with E-state index in [0.717, 1.165) is 26.2 Å². The summed E-state index contributed by atoms with van der Waals surface area (Å²) in [5, 5.41) is 7.02. The van der Waals surface area contributed by atoms with Gasteiger partial charge in [-0.3, -0.25) is 9.10 Å². The molecule has 0 saturated heterocycles. The average Bonchev–Trinajstić information content (AvgIpc) is 3.08. The minimum absolute atomic E-state index is 0.329. The van der Waals surface area contributed by atoms with Crippen LogP contribution in [0.2, 0.25) is 0 Å². The van der Waals surface area contributed by atoms with E-state index < -0.39 is 15.9 Å². The summed E-state index contributed by atoms with van der Waals surface area (Å²) in [5.74, 6) is 0.0385. The van der Waals surface area contributed by atoms with E-state index >= 15 is 0 Å². The number of benzene rings is 2. The Labute approximate surface area is 178 Å². The van der Waals surface area contributed by atoms with E-state index in [1.54, 1.807) is 42.1 Å². The molecule has 152 valence electrons. The summed E-state index contributed by atoms with van der Waals surface area (Å²) in [6, 6.07) is 16.5. The number of aromatic nitrogens is 2. The molecule has 0 fully saturated rings. The third-order valence-electron chi connectivity index (χ3n) is 4.33. The highest BCUT2D eigenvalue weighted by atomic mass is 79.9. The zero-order valence-corrected chi connectivity index (χ0v) is 18.4. The van der Waals surface area contributed by atoms with Crippen LogP contribution in [0, 0.1) is 6.92 Å². The lowest BCUT2D eigenvalue weighted by Gasteiger charge is -2.23. The Hall–Kier alpha value is -2.65. The zero-order chi connectivity index (χ0) is 21.0. The maximum atomic E-state index is 12.7. The van der Waals surface area contributed by atoms with E-state index in [2.05, 4.69) is 26.3 Å². The zero-order valence-electron chi connectivity index (χ0n) is 16.0. The molecule has 1 amide bonds. The number of rotatable bonds is 7. The van der Waals surface area contributed by atoms with E-state index in [-0.39, 0.29) is 6.54 Å². The van der Waals surface area contributed by atoms with Crippen LogP contribution in [0.3, 0.4) is 0 Å². The lowest BCUT2D eigenvalue weighted by Crippen LogP contribution is -2.38. The molecule has 2 aromatic carbocycles. The standard InChI is InChI=1S/C20H21BrN4O3S/c1-15-7-3-6-10-18(15)25(29(2,27)28)14-20(26)23-19-11-12-22-24(19)13-16-8-4-5-9-17(16)21/h3-12H,13-14H2,1-2H3,(H,23,26). The molecule has 0 aliphatic carbocycles. The topological polar surface area (TPSA) is 84.3 Å². The largest absolute Gasteiger partial charge is 0.309 e. The van der Waals surface area contributed by atoms with Gasteiger partial charge < -0.3 is 5.32 Å². The molecule has 0 saturated carbocycles. The molecule has 0 radical (unpaired) electrons. The summed E-state index contributed by atoms with van der Waals surface area (Å²) >= 11 is 3.50. The van der Waals surface area contributed by atoms with Crippen LogP contribution in [-0.2, 0) is 21.4 Å². The normalized spacial score (nSPS) is 11.3. The quantitative estimate of drug-likeness (QED) is 0.566. The molecule has 3 rings (SSSR count). The number of nitrogens with zero attached hydrogens (tertiary/aromatic N) is 3. The van der Waals surface area contributed by atoms with E-state index in [1.807, 2.05) is 30.3 Å². The summed E-state index contributed by atoms with van der Waals surface area (Å²) in [5.41, 5.74) is 2.25. The number of para-hydroxylation sites is 1. The molecule has 0 bridgehead atoms. The van der Waals surface area contributed by atoms with Crippen LogP contribution in [-0.4, -0.2) is 36.9 Å². The fourth-order valence-corrected chi connectivity index (χ4v) is 4.21. The third kappa shape index (κ3) is 5.24. The van der Waals surface area contributed by atoms with Gasteiger partial charge in [0.05, 0.1) is 24.7 Å².